The Morgan fingerprint density at radius 1 is 0.971 bits per heavy atom. The van der Waals surface area contributed by atoms with Crippen molar-refractivity contribution in [3.63, 3.8) is 0 Å². The molecule has 0 saturated carbocycles. The van der Waals surface area contributed by atoms with Crippen LogP contribution >= 0.6 is 0 Å². The molecule has 180 valence electrons. The molecule has 0 aliphatic heterocycles. The lowest BCUT2D eigenvalue weighted by Crippen LogP contribution is -2.29. The molecule has 0 heterocycles. The molecule has 2 aromatic rings. The average Bonchev–Trinajstić information content (AvgIpc) is 2.82. The fourth-order valence-electron chi connectivity index (χ4n) is 2.81. The van der Waals surface area contributed by atoms with Crippen molar-refractivity contribution >= 4 is 35.6 Å². The number of guanidine groups is 1. The standard InChI is InChI=1S/C25H30N4O5/c1-2-3-4-5-16-28-22(30)17-33-23(31)15-8-18-6-13-21(14-7-18)34-24(32)19-9-11-20(12-10-19)29-25(26)27/h6-15H,2-5,16-17H2,1H3,(H,28,30)(H4,26,27,29)/b15-8+. The van der Waals surface area contributed by atoms with Crippen molar-refractivity contribution in [2.75, 3.05) is 13.2 Å². The van der Waals surface area contributed by atoms with Gasteiger partial charge >= 0.3 is 11.9 Å². The summed E-state index contributed by atoms with van der Waals surface area (Å²) in [6.45, 7) is 2.37. The summed E-state index contributed by atoms with van der Waals surface area (Å²) in [5.74, 6) is -1.21. The summed E-state index contributed by atoms with van der Waals surface area (Å²) in [5, 5.41) is 2.72. The van der Waals surface area contributed by atoms with E-state index in [4.69, 9.17) is 20.9 Å². The Morgan fingerprint density at radius 3 is 2.32 bits per heavy atom. The van der Waals surface area contributed by atoms with Gasteiger partial charge in [-0.3, -0.25) is 4.79 Å². The number of hydrogen-bond donors (Lipinski definition) is 3. The highest BCUT2D eigenvalue weighted by atomic mass is 16.5. The number of esters is 2. The van der Waals surface area contributed by atoms with Crippen molar-refractivity contribution in [1.29, 1.82) is 0 Å². The number of nitrogens with two attached hydrogens (primary N) is 2. The molecule has 0 aliphatic rings. The molecule has 0 unspecified atom stereocenters. The zero-order chi connectivity index (χ0) is 24.8. The zero-order valence-electron chi connectivity index (χ0n) is 19.2. The fourth-order valence-corrected chi connectivity index (χ4v) is 2.81. The Kier molecular flexibility index (Phi) is 10.8. The van der Waals surface area contributed by atoms with Crippen LogP contribution in [0.3, 0.4) is 0 Å². The Hall–Kier alpha value is -4.14. The quantitative estimate of drug-likeness (QED) is 0.109. The number of ether oxygens (including phenoxy) is 2. The van der Waals surface area contributed by atoms with Gasteiger partial charge in [-0.25, -0.2) is 14.6 Å². The number of nitrogens with zero attached hydrogens (tertiary/aromatic N) is 1. The minimum absolute atomic E-state index is 0.0728. The van der Waals surface area contributed by atoms with E-state index in [0.29, 0.717) is 29.1 Å². The predicted octanol–water partition coefficient (Wildman–Crippen LogP) is 3.06. The van der Waals surface area contributed by atoms with Crippen molar-refractivity contribution < 1.29 is 23.9 Å². The van der Waals surface area contributed by atoms with E-state index in [9.17, 15) is 14.4 Å². The summed E-state index contributed by atoms with van der Waals surface area (Å²) in [6.07, 6.45) is 7.00. The van der Waals surface area contributed by atoms with E-state index in [1.54, 1.807) is 54.6 Å². The van der Waals surface area contributed by atoms with Crippen LogP contribution in [0.1, 0.15) is 48.5 Å². The molecule has 0 aliphatic carbocycles. The molecule has 0 atom stereocenters. The van der Waals surface area contributed by atoms with Crippen LogP contribution < -0.4 is 21.5 Å². The van der Waals surface area contributed by atoms with Gasteiger partial charge in [0.05, 0.1) is 11.3 Å². The minimum atomic E-state index is -0.624. The van der Waals surface area contributed by atoms with Gasteiger partial charge in [-0.2, -0.15) is 0 Å². The molecule has 9 heteroatoms. The first kappa shape index (κ1) is 26.1. The summed E-state index contributed by atoms with van der Waals surface area (Å²) in [4.78, 5) is 39.6. The summed E-state index contributed by atoms with van der Waals surface area (Å²) in [6, 6.07) is 12.9. The average molecular weight is 467 g/mol. The van der Waals surface area contributed by atoms with Crippen LogP contribution in [0.15, 0.2) is 59.6 Å². The maximum Gasteiger partial charge on any atom is 0.343 e. The lowest BCUT2D eigenvalue weighted by atomic mass is 10.2. The number of benzene rings is 2. The van der Waals surface area contributed by atoms with Gasteiger partial charge in [-0.1, -0.05) is 38.3 Å². The monoisotopic (exact) mass is 466 g/mol. The van der Waals surface area contributed by atoms with Gasteiger partial charge in [0.2, 0.25) is 0 Å². The van der Waals surface area contributed by atoms with E-state index in [0.717, 1.165) is 25.7 Å². The third kappa shape index (κ3) is 9.99. The summed E-state index contributed by atoms with van der Waals surface area (Å²) < 4.78 is 10.3. The topological polar surface area (TPSA) is 146 Å². The van der Waals surface area contributed by atoms with Gasteiger partial charge in [0.25, 0.3) is 5.91 Å². The number of hydrogen-bond acceptors (Lipinski definition) is 6. The van der Waals surface area contributed by atoms with Gasteiger partial charge in [0.1, 0.15) is 5.75 Å². The van der Waals surface area contributed by atoms with Crippen LogP contribution in [0.5, 0.6) is 5.75 Å². The van der Waals surface area contributed by atoms with Crippen LogP contribution in [0.4, 0.5) is 5.69 Å². The van der Waals surface area contributed by atoms with Crippen LogP contribution in [-0.4, -0.2) is 37.0 Å². The SMILES string of the molecule is CCCCCCNC(=O)COC(=O)/C=C/c1ccc(OC(=O)c2ccc(N=C(N)N)cc2)cc1. The Balaban J connectivity index is 1.77. The molecule has 34 heavy (non-hydrogen) atoms. The van der Waals surface area contributed by atoms with Crippen LogP contribution in [0.2, 0.25) is 0 Å². The first-order chi connectivity index (χ1) is 16.4. The van der Waals surface area contributed by atoms with Gasteiger partial charge in [-0.15, -0.1) is 0 Å². The lowest BCUT2D eigenvalue weighted by Gasteiger charge is -2.05. The molecular weight excluding hydrogens is 436 g/mol. The first-order valence-electron chi connectivity index (χ1n) is 11.0. The number of nitrogens with one attached hydrogen (secondary N) is 1. The van der Waals surface area contributed by atoms with Crippen molar-refractivity contribution in [3.8, 4) is 5.75 Å². The number of carbonyl (C=O) groups is 3. The van der Waals surface area contributed by atoms with E-state index in [1.807, 2.05) is 0 Å². The lowest BCUT2D eigenvalue weighted by molar-refractivity contribution is -0.143. The molecule has 2 aromatic carbocycles. The zero-order valence-corrected chi connectivity index (χ0v) is 19.2. The van der Waals surface area contributed by atoms with Gasteiger partial charge in [0, 0.05) is 12.6 Å². The molecule has 0 fully saturated rings. The second-order valence-electron chi connectivity index (χ2n) is 7.39. The Bertz CT molecular complexity index is 1010. The number of rotatable bonds is 12. The minimum Gasteiger partial charge on any atom is -0.452 e. The largest absolute Gasteiger partial charge is 0.452 e. The van der Waals surface area contributed by atoms with Gasteiger partial charge in [-0.05, 0) is 54.5 Å². The van der Waals surface area contributed by atoms with E-state index < -0.39 is 11.9 Å². The number of amides is 1. The van der Waals surface area contributed by atoms with E-state index in [1.165, 1.54) is 6.08 Å². The molecule has 9 nitrogen and oxygen atoms in total. The molecular formula is C25H30N4O5. The van der Waals surface area contributed by atoms with E-state index in [-0.39, 0.29) is 18.5 Å². The second-order valence-corrected chi connectivity index (χ2v) is 7.39. The van der Waals surface area contributed by atoms with Gasteiger partial charge in [0.15, 0.2) is 12.6 Å². The summed E-state index contributed by atoms with van der Waals surface area (Å²) >= 11 is 0. The molecule has 0 radical (unpaired) electrons. The van der Waals surface area contributed by atoms with Gasteiger partial charge < -0.3 is 26.3 Å². The highest BCUT2D eigenvalue weighted by molar-refractivity contribution is 5.92. The second kappa shape index (κ2) is 14.1. The smallest absolute Gasteiger partial charge is 0.343 e. The molecule has 1 amide bonds. The molecule has 5 N–H and O–H groups in total. The summed E-state index contributed by atoms with van der Waals surface area (Å²) in [7, 11) is 0. The molecule has 0 bridgehead atoms. The number of unbranched alkanes of at least 4 members (excludes halogenated alkanes) is 3. The third-order valence-electron chi connectivity index (χ3n) is 4.56. The van der Waals surface area contributed by atoms with Crippen LogP contribution in [0.25, 0.3) is 6.08 Å². The normalized spacial score (nSPS) is 10.5. The Morgan fingerprint density at radius 2 is 1.68 bits per heavy atom. The number of carbonyl (C=O) groups excluding carboxylic acids is 3. The van der Waals surface area contributed by atoms with Crippen molar-refractivity contribution in [2.45, 2.75) is 32.6 Å². The van der Waals surface area contributed by atoms with Crippen LogP contribution in [-0.2, 0) is 14.3 Å². The highest BCUT2D eigenvalue weighted by Gasteiger charge is 2.09. The van der Waals surface area contributed by atoms with E-state index >= 15 is 0 Å². The van der Waals surface area contributed by atoms with Crippen molar-refractivity contribution in [1.82, 2.24) is 5.32 Å². The predicted molar refractivity (Wildman–Crippen MR) is 130 cm³/mol. The van der Waals surface area contributed by atoms with Crippen molar-refractivity contribution in [3.05, 3.63) is 65.7 Å². The maximum atomic E-state index is 12.3. The fraction of sp³-hybridized carbons (Fsp3) is 0.280. The summed E-state index contributed by atoms with van der Waals surface area (Å²) in [5.41, 5.74) is 12.2. The van der Waals surface area contributed by atoms with Crippen LogP contribution in [0, 0.1) is 0 Å². The molecule has 0 saturated heterocycles. The molecule has 0 spiro atoms. The third-order valence-corrected chi connectivity index (χ3v) is 4.56. The first-order valence-corrected chi connectivity index (χ1v) is 11.0. The Labute approximate surface area is 198 Å². The van der Waals surface area contributed by atoms with E-state index in [2.05, 4.69) is 17.2 Å². The molecule has 0 aromatic heterocycles. The maximum absolute atomic E-state index is 12.3. The number of aliphatic imine (C=N–C) groups is 1. The highest BCUT2D eigenvalue weighted by Crippen LogP contribution is 2.17. The van der Waals surface area contributed by atoms with Crippen molar-refractivity contribution in [2.24, 2.45) is 16.5 Å². The molecule has 2 rings (SSSR count).